The third kappa shape index (κ3) is 2.06. The summed E-state index contributed by atoms with van der Waals surface area (Å²) in [5.74, 6) is 5.29. The lowest BCUT2D eigenvalue weighted by atomic mass is 10.5. The minimum Gasteiger partial charge on any atom is -0.368 e. The van der Waals surface area contributed by atoms with Crippen LogP contribution in [0.4, 0.5) is 0 Å². The van der Waals surface area contributed by atoms with Crippen molar-refractivity contribution < 1.29 is 0 Å². The van der Waals surface area contributed by atoms with Crippen molar-refractivity contribution >= 4 is 17.5 Å². The first kappa shape index (κ1) is 8.72. The van der Waals surface area contributed by atoms with Crippen LogP contribution < -0.4 is 11.6 Å². The number of hydrogen-bond donors (Lipinski definition) is 2. The number of rotatable bonds is 2. The molecular weight excluding hydrogens is 176 g/mol. The summed E-state index contributed by atoms with van der Waals surface area (Å²) < 4.78 is 3.71. The Morgan fingerprint density at radius 3 is 3.08 bits per heavy atom. The van der Waals surface area contributed by atoms with Gasteiger partial charge in [-0.3, -0.25) is 0 Å². The van der Waals surface area contributed by atoms with Gasteiger partial charge in [0.05, 0.1) is 17.6 Å². The molecule has 4 N–H and O–H groups in total. The highest BCUT2D eigenvalue weighted by Gasteiger charge is 2.03. The van der Waals surface area contributed by atoms with E-state index in [9.17, 15) is 0 Å². The Kier molecular flexibility index (Phi) is 2.81. The van der Waals surface area contributed by atoms with Gasteiger partial charge in [-0.2, -0.15) is 0 Å². The van der Waals surface area contributed by atoms with Gasteiger partial charge in [-0.25, -0.2) is 0 Å². The van der Waals surface area contributed by atoms with Crippen molar-refractivity contribution in [2.24, 2.45) is 16.7 Å². The van der Waals surface area contributed by atoms with Gasteiger partial charge in [-0.15, -0.1) is 10.2 Å². The fourth-order valence-corrected chi connectivity index (χ4v) is 1.22. The first-order chi connectivity index (χ1) is 5.74. The highest BCUT2D eigenvalue weighted by molar-refractivity contribution is 7.05. The van der Waals surface area contributed by atoms with Crippen LogP contribution in [0.25, 0.3) is 0 Å². The summed E-state index contributed by atoms with van der Waals surface area (Å²) in [6.45, 7) is 0.629. The van der Waals surface area contributed by atoms with Crippen LogP contribution in [0.15, 0.2) is 11.3 Å². The minimum atomic E-state index is 0.295. The number of hydrazone groups is 1. The third-order valence-electron chi connectivity index (χ3n) is 1.32. The zero-order valence-electron chi connectivity index (χ0n) is 6.64. The van der Waals surface area contributed by atoms with Gasteiger partial charge in [-0.05, 0) is 11.5 Å². The molecule has 7 heteroatoms. The van der Waals surface area contributed by atoms with Gasteiger partial charge in [-0.1, -0.05) is 4.49 Å². The maximum absolute atomic E-state index is 5.45. The highest BCUT2D eigenvalue weighted by atomic mass is 32.1. The number of nitrogens with zero attached hydrogens (tertiary/aromatic N) is 4. The van der Waals surface area contributed by atoms with E-state index < -0.39 is 0 Å². The van der Waals surface area contributed by atoms with Crippen LogP contribution in [0.3, 0.4) is 0 Å². The molecule has 6 nitrogen and oxygen atoms in total. The van der Waals surface area contributed by atoms with E-state index in [2.05, 4.69) is 14.7 Å². The van der Waals surface area contributed by atoms with Gasteiger partial charge in [0.1, 0.15) is 0 Å². The van der Waals surface area contributed by atoms with Crippen LogP contribution in [0.5, 0.6) is 0 Å². The van der Waals surface area contributed by atoms with Crippen molar-refractivity contribution in [1.82, 2.24) is 14.5 Å². The average molecular weight is 186 g/mol. The first-order valence-electron chi connectivity index (χ1n) is 3.24. The van der Waals surface area contributed by atoms with Crippen molar-refractivity contribution in [1.29, 1.82) is 0 Å². The Balaban J connectivity index is 2.53. The molecular formula is C5H10N6S. The molecule has 1 heterocycles. The van der Waals surface area contributed by atoms with E-state index in [1.807, 2.05) is 0 Å². The normalized spacial score (nSPS) is 11.6. The molecule has 1 aromatic heterocycles. The molecule has 0 atom stereocenters. The number of guanidine groups is 1. The Morgan fingerprint density at radius 1 is 1.83 bits per heavy atom. The summed E-state index contributed by atoms with van der Waals surface area (Å²) in [5.41, 5.74) is 5.45. The van der Waals surface area contributed by atoms with Crippen molar-refractivity contribution in [2.75, 3.05) is 7.05 Å². The molecule has 12 heavy (non-hydrogen) atoms. The number of hydrogen-bond acceptors (Lipinski definition) is 5. The smallest absolute Gasteiger partial charge is 0.213 e. The summed E-state index contributed by atoms with van der Waals surface area (Å²) in [5, 5.41) is 7.04. The zero-order valence-corrected chi connectivity index (χ0v) is 7.45. The topological polar surface area (TPSA) is 93.4 Å². The number of nitrogens with two attached hydrogens (primary N) is 2. The van der Waals surface area contributed by atoms with Gasteiger partial charge in [0.2, 0.25) is 5.96 Å². The molecule has 0 fully saturated rings. The Hall–Kier alpha value is -1.37. The summed E-state index contributed by atoms with van der Waals surface area (Å²) in [4.78, 5) is 2.74. The molecule has 0 bridgehead atoms. The predicted octanol–water partition coefficient (Wildman–Crippen LogP) is -0.842. The van der Waals surface area contributed by atoms with Crippen molar-refractivity contribution in [3.8, 4) is 0 Å². The number of aromatic nitrogens is 2. The second-order valence-electron chi connectivity index (χ2n) is 2.23. The van der Waals surface area contributed by atoms with E-state index in [4.69, 9.17) is 11.6 Å². The van der Waals surface area contributed by atoms with E-state index >= 15 is 0 Å². The molecule has 1 rings (SSSR count). The Labute approximate surface area is 74.0 Å². The second-order valence-corrected chi connectivity index (χ2v) is 3.10. The van der Waals surface area contributed by atoms with Crippen LogP contribution in [0.2, 0.25) is 0 Å². The van der Waals surface area contributed by atoms with E-state index in [1.165, 1.54) is 11.5 Å². The monoisotopic (exact) mass is 186 g/mol. The highest BCUT2D eigenvalue weighted by Crippen LogP contribution is 2.04. The van der Waals surface area contributed by atoms with Crippen molar-refractivity contribution in [2.45, 2.75) is 6.54 Å². The molecule has 66 valence electrons. The molecule has 0 aliphatic rings. The van der Waals surface area contributed by atoms with E-state index in [1.54, 1.807) is 18.1 Å². The van der Waals surface area contributed by atoms with E-state index in [0.29, 0.717) is 12.5 Å². The molecule has 0 aliphatic heterocycles. The molecule has 0 radical (unpaired) electrons. The van der Waals surface area contributed by atoms with Gasteiger partial charge >= 0.3 is 0 Å². The third-order valence-corrected chi connectivity index (χ3v) is 1.97. The fourth-order valence-electron chi connectivity index (χ4n) is 0.671. The summed E-state index contributed by atoms with van der Waals surface area (Å²) in [6, 6.07) is 0. The Bertz CT molecular complexity index is 255. The van der Waals surface area contributed by atoms with Crippen LogP contribution in [0, 0.1) is 0 Å². The molecule has 0 amide bonds. The average Bonchev–Trinajstić information content (AvgIpc) is 2.55. The first-order valence-corrected chi connectivity index (χ1v) is 4.02. The SMILES string of the molecule is CN(Cc1cnns1)/C(N)=N/N. The second kappa shape index (κ2) is 3.86. The summed E-state index contributed by atoms with van der Waals surface area (Å²) in [6.07, 6.45) is 1.69. The predicted molar refractivity (Wildman–Crippen MR) is 47.2 cm³/mol. The molecule has 1 aromatic rings. The maximum Gasteiger partial charge on any atom is 0.213 e. The van der Waals surface area contributed by atoms with Crippen LogP contribution in [-0.2, 0) is 6.54 Å². The summed E-state index contributed by atoms with van der Waals surface area (Å²) in [7, 11) is 1.80. The molecule has 0 saturated heterocycles. The van der Waals surface area contributed by atoms with Crippen LogP contribution in [0.1, 0.15) is 4.88 Å². The molecule has 0 unspecified atom stereocenters. The quantitative estimate of drug-likeness (QED) is 0.272. The largest absolute Gasteiger partial charge is 0.368 e. The maximum atomic E-state index is 5.45. The van der Waals surface area contributed by atoms with Crippen molar-refractivity contribution in [3.63, 3.8) is 0 Å². The van der Waals surface area contributed by atoms with E-state index in [0.717, 1.165) is 4.88 Å². The van der Waals surface area contributed by atoms with Crippen molar-refractivity contribution in [3.05, 3.63) is 11.1 Å². The van der Waals surface area contributed by atoms with Crippen LogP contribution in [-0.4, -0.2) is 27.5 Å². The zero-order chi connectivity index (χ0) is 8.97. The van der Waals surface area contributed by atoms with E-state index in [-0.39, 0.29) is 0 Å². The standard InChI is InChI=1S/C5H10N6S/c1-11(5(6)9-7)3-4-2-8-10-12-4/h2H,3,7H2,1H3,(H2,6,9). The van der Waals surface area contributed by atoms with Crippen LogP contribution >= 0.6 is 11.5 Å². The molecule has 0 aromatic carbocycles. The molecule has 0 spiro atoms. The lowest BCUT2D eigenvalue weighted by molar-refractivity contribution is 0.497. The Morgan fingerprint density at radius 2 is 2.58 bits per heavy atom. The lowest BCUT2D eigenvalue weighted by Crippen LogP contribution is -2.34. The minimum absolute atomic E-state index is 0.295. The van der Waals surface area contributed by atoms with Gasteiger partial charge < -0.3 is 16.5 Å². The lowest BCUT2D eigenvalue weighted by Gasteiger charge is -2.14. The molecule has 0 aliphatic carbocycles. The van der Waals surface area contributed by atoms with Gasteiger partial charge in [0.15, 0.2) is 0 Å². The fraction of sp³-hybridized carbons (Fsp3) is 0.400. The van der Waals surface area contributed by atoms with Gasteiger partial charge in [0.25, 0.3) is 0 Å². The molecule has 0 saturated carbocycles. The van der Waals surface area contributed by atoms with Gasteiger partial charge in [0, 0.05) is 7.05 Å². The summed E-state index contributed by atoms with van der Waals surface area (Å²) >= 11 is 1.32.